The van der Waals surface area contributed by atoms with Crippen LogP contribution in [0.1, 0.15) is 60.0 Å². The van der Waals surface area contributed by atoms with Gasteiger partial charge in [-0.2, -0.15) is 4.98 Å². The van der Waals surface area contributed by atoms with Crippen molar-refractivity contribution in [2.24, 2.45) is 0 Å². The zero-order chi connectivity index (χ0) is 15.6. The molecule has 0 aromatic carbocycles. The third kappa shape index (κ3) is 2.86. The Morgan fingerprint density at radius 2 is 1.95 bits per heavy atom. The Hall–Kier alpha value is -2.24. The van der Waals surface area contributed by atoms with Crippen molar-refractivity contribution in [3.63, 3.8) is 0 Å². The third-order valence-electron chi connectivity index (χ3n) is 4.14. The van der Waals surface area contributed by atoms with Gasteiger partial charge in [0.05, 0.1) is 0 Å². The summed E-state index contributed by atoms with van der Waals surface area (Å²) in [5.41, 5.74) is 0.698. The molecule has 2 aromatic heterocycles. The van der Waals surface area contributed by atoms with E-state index >= 15 is 0 Å². The number of carbonyl (C=O) groups excluding carboxylic acids is 1. The van der Waals surface area contributed by atoms with Gasteiger partial charge in [0, 0.05) is 12.6 Å². The molecule has 2 aromatic rings. The van der Waals surface area contributed by atoms with Crippen molar-refractivity contribution in [2.75, 3.05) is 0 Å². The van der Waals surface area contributed by atoms with Crippen molar-refractivity contribution in [3.8, 4) is 0 Å². The average molecular weight is 300 g/mol. The van der Waals surface area contributed by atoms with Crippen molar-refractivity contribution in [3.05, 3.63) is 41.3 Å². The predicted octanol–water partition coefficient (Wildman–Crippen LogP) is 2.67. The Labute approximate surface area is 129 Å². The summed E-state index contributed by atoms with van der Waals surface area (Å²) in [5.74, 6) is 0.904. The first-order valence-electron chi connectivity index (χ1n) is 7.66. The van der Waals surface area contributed by atoms with Gasteiger partial charge in [0.15, 0.2) is 5.82 Å². The summed E-state index contributed by atoms with van der Waals surface area (Å²) in [6, 6.07) is 5.43. The molecule has 6 nitrogen and oxygen atoms in total. The van der Waals surface area contributed by atoms with E-state index < -0.39 is 5.54 Å². The van der Waals surface area contributed by atoms with Crippen LogP contribution in [0.25, 0.3) is 0 Å². The highest BCUT2D eigenvalue weighted by molar-refractivity contribution is 5.92. The van der Waals surface area contributed by atoms with Gasteiger partial charge in [-0.3, -0.25) is 4.79 Å². The van der Waals surface area contributed by atoms with E-state index in [0.29, 0.717) is 17.4 Å². The Bertz CT molecular complexity index is 674. The van der Waals surface area contributed by atoms with Crippen LogP contribution in [0.5, 0.6) is 0 Å². The second kappa shape index (κ2) is 5.87. The quantitative estimate of drug-likeness (QED) is 0.942. The highest BCUT2D eigenvalue weighted by atomic mass is 16.5. The van der Waals surface area contributed by atoms with E-state index in [1.165, 1.54) is 0 Å². The number of nitrogens with one attached hydrogen (secondary N) is 1. The van der Waals surface area contributed by atoms with Crippen LogP contribution < -0.4 is 5.32 Å². The van der Waals surface area contributed by atoms with E-state index in [2.05, 4.69) is 20.4 Å². The lowest BCUT2D eigenvalue weighted by Crippen LogP contribution is -2.48. The Balaban J connectivity index is 1.89. The first kappa shape index (κ1) is 14.7. The number of aryl methyl sites for hydroxylation is 2. The number of rotatable bonds is 3. The van der Waals surface area contributed by atoms with Crippen LogP contribution in [0.2, 0.25) is 0 Å². The fourth-order valence-corrected chi connectivity index (χ4v) is 3.00. The summed E-state index contributed by atoms with van der Waals surface area (Å²) >= 11 is 0. The van der Waals surface area contributed by atoms with Gasteiger partial charge >= 0.3 is 0 Å². The molecule has 1 aliphatic carbocycles. The van der Waals surface area contributed by atoms with Crippen molar-refractivity contribution in [2.45, 2.75) is 51.5 Å². The van der Waals surface area contributed by atoms with Crippen LogP contribution in [-0.4, -0.2) is 21.0 Å². The summed E-state index contributed by atoms with van der Waals surface area (Å²) < 4.78 is 5.12. The Kier molecular flexibility index (Phi) is 3.92. The van der Waals surface area contributed by atoms with Crippen molar-refractivity contribution in [1.29, 1.82) is 0 Å². The fraction of sp³-hybridized carbons (Fsp3) is 0.500. The van der Waals surface area contributed by atoms with Crippen LogP contribution in [-0.2, 0) is 5.54 Å². The summed E-state index contributed by atoms with van der Waals surface area (Å²) in [6.07, 6.45) is 4.88. The maximum Gasteiger partial charge on any atom is 0.270 e. The van der Waals surface area contributed by atoms with Gasteiger partial charge in [-0.25, -0.2) is 4.98 Å². The fourth-order valence-electron chi connectivity index (χ4n) is 3.00. The predicted molar refractivity (Wildman–Crippen MR) is 80.2 cm³/mol. The normalized spacial score (nSPS) is 17.2. The maximum atomic E-state index is 12.6. The van der Waals surface area contributed by atoms with Gasteiger partial charge in [0.25, 0.3) is 5.91 Å². The third-order valence-corrected chi connectivity index (χ3v) is 4.14. The zero-order valence-corrected chi connectivity index (χ0v) is 12.9. The first-order valence-corrected chi connectivity index (χ1v) is 7.66. The Morgan fingerprint density at radius 1 is 1.18 bits per heavy atom. The van der Waals surface area contributed by atoms with Crippen molar-refractivity contribution < 1.29 is 9.32 Å². The molecule has 1 N–H and O–H groups in total. The van der Waals surface area contributed by atoms with E-state index in [4.69, 9.17) is 4.52 Å². The van der Waals surface area contributed by atoms with Gasteiger partial charge in [-0.05, 0) is 31.9 Å². The molecule has 0 radical (unpaired) electrons. The van der Waals surface area contributed by atoms with E-state index in [1.54, 1.807) is 13.0 Å². The molecule has 0 aliphatic heterocycles. The van der Waals surface area contributed by atoms with Crippen molar-refractivity contribution >= 4 is 5.91 Å². The molecule has 0 bridgehead atoms. The van der Waals surface area contributed by atoms with Gasteiger partial charge in [0.2, 0.25) is 5.89 Å². The zero-order valence-electron chi connectivity index (χ0n) is 12.9. The number of nitrogens with zero attached hydrogens (tertiary/aromatic N) is 3. The SMILES string of the molecule is Cc1cccc(C(=O)NC2(c3noc(C)n3)CCCCC2)n1. The summed E-state index contributed by atoms with van der Waals surface area (Å²) in [6.45, 7) is 3.63. The number of aromatic nitrogens is 3. The molecule has 0 atom stereocenters. The minimum Gasteiger partial charge on any atom is -0.340 e. The molecular weight excluding hydrogens is 280 g/mol. The lowest BCUT2D eigenvalue weighted by molar-refractivity contribution is 0.0850. The van der Waals surface area contributed by atoms with Crippen LogP contribution >= 0.6 is 0 Å². The Morgan fingerprint density at radius 3 is 2.59 bits per heavy atom. The van der Waals surface area contributed by atoms with Gasteiger partial charge < -0.3 is 9.84 Å². The van der Waals surface area contributed by atoms with Crippen LogP contribution in [0.15, 0.2) is 22.7 Å². The number of hydrogen-bond acceptors (Lipinski definition) is 5. The van der Waals surface area contributed by atoms with E-state index in [1.807, 2.05) is 19.1 Å². The lowest BCUT2D eigenvalue weighted by Gasteiger charge is -2.35. The van der Waals surface area contributed by atoms with Crippen LogP contribution in [0.4, 0.5) is 0 Å². The molecule has 0 spiro atoms. The number of carbonyl (C=O) groups is 1. The molecule has 3 rings (SSSR count). The standard InChI is InChI=1S/C16H20N4O2/c1-11-7-6-8-13(17-11)14(21)19-16(9-4-3-5-10-16)15-18-12(2)22-20-15/h6-8H,3-5,9-10H2,1-2H3,(H,19,21). The van der Waals surface area contributed by atoms with E-state index in [0.717, 1.165) is 37.8 Å². The average Bonchev–Trinajstić information content (AvgIpc) is 2.95. The summed E-state index contributed by atoms with van der Waals surface area (Å²) in [4.78, 5) is 21.2. The molecule has 116 valence electrons. The van der Waals surface area contributed by atoms with Gasteiger partial charge in [-0.1, -0.05) is 30.5 Å². The monoisotopic (exact) mass is 300 g/mol. The molecule has 1 aliphatic rings. The van der Waals surface area contributed by atoms with Crippen molar-refractivity contribution in [1.82, 2.24) is 20.4 Å². The molecule has 1 amide bonds. The molecular formula is C16H20N4O2. The molecule has 0 unspecified atom stereocenters. The molecule has 1 saturated carbocycles. The summed E-state index contributed by atoms with van der Waals surface area (Å²) in [5, 5.41) is 7.17. The topological polar surface area (TPSA) is 80.9 Å². The number of amides is 1. The molecule has 6 heteroatoms. The molecule has 1 fully saturated rings. The maximum absolute atomic E-state index is 12.6. The van der Waals surface area contributed by atoms with Crippen LogP contribution in [0, 0.1) is 13.8 Å². The van der Waals surface area contributed by atoms with Gasteiger partial charge in [-0.15, -0.1) is 0 Å². The van der Waals surface area contributed by atoms with E-state index in [-0.39, 0.29) is 5.91 Å². The smallest absolute Gasteiger partial charge is 0.270 e. The first-order chi connectivity index (χ1) is 10.6. The molecule has 2 heterocycles. The largest absolute Gasteiger partial charge is 0.340 e. The molecule has 22 heavy (non-hydrogen) atoms. The lowest BCUT2D eigenvalue weighted by atomic mass is 9.81. The minimum absolute atomic E-state index is 0.187. The molecule has 0 saturated heterocycles. The number of hydrogen-bond donors (Lipinski definition) is 1. The van der Waals surface area contributed by atoms with Crippen LogP contribution in [0.3, 0.4) is 0 Å². The van der Waals surface area contributed by atoms with Gasteiger partial charge in [0.1, 0.15) is 11.2 Å². The minimum atomic E-state index is -0.543. The summed E-state index contributed by atoms with van der Waals surface area (Å²) in [7, 11) is 0. The van der Waals surface area contributed by atoms with E-state index in [9.17, 15) is 4.79 Å². The second-order valence-corrected chi connectivity index (χ2v) is 5.90. The highest BCUT2D eigenvalue weighted by Gasteiger charge is 2.40. The highest BCUT2D eigenvalue weighted by Crippen LogP contribution is 2.35. The number of pyridine rings is 1. The second-order valence-electron chi connectivity index (χ2n) is 5.90.